The summed E-state index contributed by atoms with van der Waals surface area (Å²) in [4.78, 5) is 4.10. The first kappa shape index (κ1) is 9.65. The van der Waals surface area contributed by atoms with Crippen LogP contribution in [0.4, 0.5) is 4.39 Å². The number of hydrogen-bond acceptors (Lipinski definition) is 2. The van der Waals surface area contributed by atoms with E-state index < -0.39 is 0 Å². The number of hydrogen-bond donors (Lipinski definition) is 0. The zero-order valence-electron chi connectivity index (χ0n) is 8.06. The molecule has 0 radical (unpaired) electrons. The molecule has 0 amide bonds. The Balaban J connectivity index is 1.99. The maximum absolute atomic E-state index is 12.8. The lowest BCUT2D eigenvalue weighted by atomic mass is 10.3. The molecule has 0 aliphatic heterocycles. The Morgan fingerprint density at radius 2 is 2.07 bits per heavy atom. The van der Waals surface area contributed by atoms with E-state index in [1.807, 2.05) is 18.2 Å². The average molecular weight is 203 g/mol. The molecule has 2 nitrogen and oxygen atoms in total. The molecule has 2 aromatic rings. The molecule has 0 aliphatic carbocycles. The van der Waals surface area contributed by atoms with E-state index in [1.54, 1.807) is 18.3 Å². The Morgan fingerprint density at radius 1 is 1.13 bits per heavy atom. The second kappa shape index (κ2) is 4.55. The molecular weight excluding hydrogens is 193 g/mol. The van der Waals surface area contributed by atoms with Gasteiger partial charge in [0.25, 0.3) is 0 Å². The predicted octanol–water partition coefficient (Wildman–Crippen LogP) is 2.80. The first-order chi connectivity index (χ1) is 7.34. The highest BCUT2D eigenvalue weighted by Gasteiger charge is 1.97. The van der Waals surface area contributed by atoms with Crippen molar-refractivity contribution < 1.29 is 9.13 Å². The Labute approximate surface area is 87.4 Å². The molecule has 0 spiro atoms. The van der Waals surface area contributed by atoms with Gasteiger partial charge in [0.1, 0.15) is 18.2 Å². The van der Waals surface area contributed by atoms with Crippen LogP contribution >= 0.6 is 0 Å². The van der Waals surface area contributed by atoms with Gasteiger partial charge in [0.15, 0.2) is 0 Å². The van der Waals surface area contributed by atoms with Crippen LogP contribution in [0, 0.1) is 5.82 Å². The van der Waals surface area contributed by atoms with Gasteiger partial charge in [-0.15, -0.1) is 0 Å². The van der Waals surface area contributed by atoms with E-state index in [9.17, 15) is 4.39 Å². The fourth-order valence-electron chi connectivity index (χ4n) is 1.20. The van der Waals surface area contributed by atoms with E-state index >= 15 is 0 Å². The maximum Gasteiger partial charge on any atom is 0.130 e. The van der Waals surface area contributed by atoms with Gasteiger partial charge >= 0.3 is 0 Å². The van der Waals surface area contributed by atoms with Crippen LogP contribution in [0.1, 0.15) is 5.69 Å². The van der Waals surface area contributed by atoms with Crippen molar-refractivity contribution in [3.05, 3.63) is 60.2 Å². The van der Waals surface area contributed by atoms with Gasteiger partial charge in [-0.05, 0) is 24.3 Å². The highest BCUT2D eigenvalue weighted by atomic mass is 19.1. The SMILES string of the molecule is Fc1cccc(OCc2ccccn2)c1. The Kier molecular flexibility index (Phi) is 2.93. The molecule has 0 atom stereocenters. The van der Waals surface area contributed by atoms with Crippen LogP contribution in [-0.4, -0.2) is 4.98 Å². The molecule has 76 valence electrons. The van der Waals surface area contributed by atoms with Gasteiger partial charge < -0.3 is 4.74 Å². The van der Waals surface area contributed by atoms with Crippen molar-refractivity contribution in [3.63, 3.8) is 0 Å². The summed E-state index contributed by atoms with van der Waals surface area (Å²) in [5.41, 5.74) is 0.821. The summed E-state index contributed by atoms with van der Waals surface area (Å²) < 4.78 is 18.2. The van der Waals surface area contributed by atoms with Crippen molar-refractivity contribution in [2.24, 2.45) is 0 Å². The molecule has 1 aromatic heterocycles. The summed E-state index contributed by atoms with van der Waals surface area (Å²) in [6.45, 7) is 0.351. The van der Waals surface area contributed by atoms with Crippen LogP contribution in [0.5, 0.6) is 5.75 Å². The normalized spacial score (nSPS) is 9.93. The second-order valence-corrected chi connectivity index (χ2v) is 3.07. The van der Waals surface area contributed by atoms with Crippen LogP contribution in [0.15, 0.2) is 48.7 Å². The van der Waals surface area contributed by atoms with Crippen molar-refractivity contribution in [1.82, 2.24) is 4.98 Å². The molecule has 1 aromatic carbocycles. The summed E-state index contributed by atoms with van der Waals surface area (Å²) >= 11 is 0. The topological polar surface area (TPSA) is 22.1 Å². The Morgan fingerprint density at radius 3 is 2.80 bits per heavy atom. The fourth-order valence-corrected chi connectivity index (χ4v) is 1.20. The van der Waals surface area contributed by atoms with Crippen LogP contribution in [0.2, 0.25) is 0 Å². The summed E-state index contributed by atoms with van der Waals surface area (Å²) in [5, 5.41) is 0. The third-order valence-corrected chi connectivity index (χ3v) is 1.91. The highest BCUT2D eigenvalue weighted by Crippen LogP contribution is 2.13. The molecule has 0 bridgehead atoms. The Hall–Kier alpha value is -1.90. The zero-order valence-corrected chi connectivity index (χ0v) is 8.06. The van der Waals surface area contributed by atoms with E-state index in [1.165, 1.54) is 12.1 Å². The van der Waals surface area contributed by atoms with Gasteiger partial charge in [-0.1, -0.05) is 12.1 Å². The minimum atomic E-state index is -0.298. The lowest BCUT2D eigenvalue weighted by molar-refractivity contribution is 0.300. The molecule has 0 saturated heterocycles. The van der Waals surface area contributed by atoms with Crippen LogP contribution < -0.4 is 4.74 Å². The molecule has 0 saturated carbocycles. The summed E-state index contributed by atoms with van der Waals surface area (Å²) in [5.74, 6) is 0.217. The second-order valence-electron chi connectivity index (χ2n) is 3.07. The number of halogens is 1. The zero-order chi connectivity index (χ0) is 10.5. The third kappa shape index (κ3) is 2.77. The van der Waals surface area contributed by atoms with Gasteiger partial charge in [-0.2, -0.15) is 0 Å². The molecule has 0 fully saturated rings. The highest BCUT2D eigenvalue weighted by molar-refractivity contribution is 5.22. The summed E-state index contributed by atoms with van der Waals surface area (Å²) in [6.07, 6.45) is 1.70. The van der Waals surface area contributed by atoms with Crippen LogP contribution in [0.3, 0.4) is 0 Å². The first-order valence-corrected chi connectivity index (χ1v) is 4.63. The lowest BCUT2D eigenvalue weighted by Crippen LogP contribution is -1.97. The number of benzene rings is 1. The molecule has 3 heteroatoms. The molecular formula is C12H10FNO. The van der Waals surface area contributed by atoms with Gasteiger partial charge in [-0.3, -0.25) is 4.98 Å². The minimum absolute atomic E-state index is 0.298. The maximum atomic E-state index is 12.8. The quantitative estimate of drug-likeness (QED) is 0.765. The van der Waals surface area contributed by atoms with Gasteiger partial charge in [0.05, 0.1) is 5.69 Å². The lowest BCUT2D eigenvalue weighted by Gasteiger charge is -2.04. The van der Waals surface area contributed by atoms with E-state index in [0.29, 0.717) is 12.4 Å². The van der Waals surface area contributed by atoms with Crippen molar-refractivity contribution in [3.8, 4) is 5.75 Å². The number of rotatable bonds is 3. The smallest absolute Gasteiger partial charge is 0.130 e. The van der Waals surface area contributed by atoms with Gasteiger partial charge in [-0.25, -0.2) is 4.39 Å². The van der Waals surface area contributed by atoms with E-state index in [-0.39, 0.29) is 5.82 Å². The molecule has 1 heterocycles. The molecule has 0 aliphatic rings. The van der Waals surface area contributed by atoms with Crippen LogP contribution in [0.25, 0.3) is 0 Å². The third-order valence-electron chi connectivity index (χ3n) is 1.91. The van der Waals surface area contributed by atoms with E-state index in [2.05, 4.69) is 4.98 Å². The summed E-state index contributed by atoms with van der Waals surface area (Å²) in [7, 11) is 0. The van der Waals surface area contributed by atoms with Crippen molar-refractivity contribution in [1.29, 1.82) is 0 Å². The number of nitrogens with zero attached hydrogens (tertiary/aromatic N) is 1. The largest absolute Gasteiger partial charge is 0.487 e. The number of aromatic nitrogens is 1. The van der Waals surface area contributed by atoms with E-state index in [0.717, 1.165) is 5.69 Å². The van der Waals surface area contributed by atoms with Crippen molar-refractivity contribution in [2.75, 3.05) is 0 Å². The first-order valence-electron chi connectivity index (χ1n) is 4.63. The van der Waals surface area contributed by atoms with Crippen molar-refractivity contribution >= 4 is 0 Å². The Bertz CT molecular complexity index is 431. The van der Waals surface area contributed by atoms with Crippen molar-refractivity contribution in [2.45, 2.75) is 6.61 Å². The van der Waals surface area contributed by atoms with Gasteiger partial charge in [0, 0.05) is 12.3 Å². The molecule has 0 N–H and O–H groups in total. The molecule has 2 rings (SSSR count). The number of ether oxygens (including phenoxy) is 1. The fraction of sp³-hybridized carbons (Fsp3) is 0.0833. The number of pyridine rings is 1. The van der Waals surface area contributed by atoms with E-state index in [4.69, 9.17) is 4.74 Å². The molecule has 0 unspecified atom stereocenters. The predicted molar refractivity (Wildman–Crippen MR) is 55.0 cm³/mol. The minimum Gasteiger partial charge on any atom is -0.487 e. The van der Waals surface area contributed by atoms with Gasteiger partial charge in [0.2, 0.25) is 0 Å². The summed E-state index contributed by atoms with van der Waals surface area (Å²) in [6, 6.07) is 11.6. The monoisotopic (exact) mass is 203 g/mol. The average Bonchev–Trinajstić information content (AvgIpc) is 2.28. The van der Waals surface area contributed by atoms with Crippen LogP contribution in [-0.2, 0) is 6.61 Å². The molecule has 15 heavy (non-hydrogen) atoms. The standard InChI is InChI=1S/C12H10FNO/c13-10-4-3-6-12(8-10)15-9-11-5-1-2-7-14-11/h1-8H,9H2.